The maximum Gasteiger partial charge on any atom is 0.189 e. The molecule has 2 aromatic rings. The molecule has 3 N–H and O–H groups in total. The lowest BCUT2D eigenvalue weighted by atomic mass is 10.0. The van der Waals surface area contributed by atoms with E-state index >= 15 is 0 Å². The van der Waals surface area contributed by atoms with Crippen LogP contribution in [0.4, 0.5) is 0 Å². The number of piperidine rings is 1. The van der Waals surface area contributed by atoms with Gasteiger partial charge >= 0.3 is 0 Å². The van der Waals surface area contributed by atoms with Crippen LogP contribution in [0.5, 0.6) is 0 Å². The van der Waals surface area contributed by atoms with Crippen LogP contribution in [0.2, 0.25) is 0 Å². The first-order valence-electron chi connectivity index (χ1n) is 9.22. The lowest BCUT2D eigenvalue weighted by Gasteiger charge is -2.32. The summed E-state index contributed by atoms with van der Waals surface area (Å²) < 4.78 is 0. The number of benzene rings is 1. The molecule has 1 fully saturated rings. The Labute approximate surface area is 178 Å². The third kappa shape index (κ3) is 7.06. The van der Waals surface area contributed by atoms with Gasteiger partial charge in [0, 0.05) is 31.4 Å². The molecule has 146 valence electrons. The highest BCUT2D eigenvalue weighted by Crippen LogP contribution is 2.13. The molecule has 0 unspecified atom stereocenters. The van der Waals surface area contributed by atoms with Gasteiger partial charge < -0.3 is 11.1 Å². The Morgan fingerprint density at radius 1 is 1.19 bits per heavy atom. The molecule has 3 rings (SSSR count). The minimum Gasteiger partial charge on any atom is -0.370 e. The summed E-state index contributed by atoms with van der Waals surface area (Å²) >= 11 is 0. The van der Waals surface area contributed by atoms with Crippen molar-refractivity contribution in [2.24, 2.45) is 10.7 Å². The summed E-state index contributed by atoms with van der Waals surface area (Å²) in [5, 5.41) is 3.36. The number of aromatic nitrogens is 2. The van der Waals surface area contributed by atoms with Crippen LogP contribution in [0.3, 0.4) is 0 Å². The zero-order valence-corrected chi connectivity index (χ0v) is 18.4. The van der Waals surface area contributed by atoms with Crippen LogP contribution in [0.25, 0.3) is 0 Å². The average molecular weight is 480 g/mol. The van der Waals surface area contributed by atoms with Gasteiger partial charge in [-0.1, -0.05) is 30.3 Å². The second-order valence-electron chi connectivity index (χ2n) is 6.93. The first kappa shape index (κ1) is 21.6. The van der Waals surface area contributed by atoms with Crippen molar-refractivity contribution in [2.75, 3.05) is 13.1 Å². The van der Waals surface area contributed by atoms with E-state index in [1.807, 2.05) is 19.9 Å². The van der Waals surface area contributed by atoms with Crippen LogP contribution < -0.4 is 11.1 Å². The zero-order chi connectivity index (χ0) is 18.4. The Morgan fingerprint density at radius 2 is 1.89 bits per heavy atom. The molecule has 0 radical (unpaired) electrons. The maximum absolute atomic E-state index is 6.07. The molecule has 0 spiro atoms. The number of nitrogens with two attached hydrogens (primary N) is 1. The van der Waals surface area contributed by atoms with Gasteiger partial charge in [-0.3, -0.25) is 4.90 Å². The molecule has 1 aromatic heterocycles. The van der Waals surface area contributed by atoms with Gasteiger partial charge in [-0.05, 0) is 38.3 Å². The summed E-state index contributed by atoms with van der Waals surface area (Å²) in [4.78, 5) is 15.6. The van der Waals surface area contributed by atoms with Crippen molar-refractivity contribution in [3.05, 3.63) is 59.2 Å². The largest absolute Gasteiger partial charge is 0.370 e. The van der Waals surface area contributed by atoms with Crippen LogP contribution in [0.15, 0.2) is 41.4 Å². The van der Waals surface area contributed by atoms with Gasteiger partial charge in [0.2, 0.25) is 0 Å². The number of halogens is 1. The highest BCUT2D eigenvalue weighted by Gasteiger charge is 2.19. The molecule has 0 bridgehead atoms. The van der Waals surface area contributed by atoms with Gasteiger partial charge in [0.05, 0.1) is 12.2 Å². The molecule has 0 atom stereocenters. The predicted molar refractivity (Wildman–Crippen MR) is 120 cm³/mol. The number of nitrogens with zero attached hydrogens (tertiary/aromatic N) is 4. The number of guanidine groups is 1. The molecular weight excluding hydrogens is 451 g/mol. The molecule has 0 amide bonds. The van der Waals surface area contributed by atoms with Crippen LogP contribution in [-0.2, 0) is 13.1 Å². The summed E-state index contributed by atoms with van der Waals surface area (Å²) in [6.07, 6.45) is 2.16. The maximum atomic E-state index is 6.07. The zero-order valence-electron chi connectivity index (χ0n) is 16.1. The van der Waals surface area contributed by atoms with Gasteiger partial charge in [0.15, 0.2) is 5.96 Å². The molecule has 7 heteroatoms. The fourth-order valence-electron chi connectivity index (χ4n) is 3.37. The third-order valence-electron chi connectivity index (χ3n) is 4.62. The van der Waals surface area contributed by atoms with Crippen molar-refractivity contribution in [1.82, 2.24) is 20.2 Å². The lowest BCUT2D eigenvalue weighted by Crippen LogP contribution is -2.46. The minimum atomic E-state index is 0. The third-order valence-corrected chi connectivity index (χ3v) is 4.62. The highest BCUT2D eigenvalue weighted by atomic mass is 127. The van der Waals surface area contributed by atoms with E-state index in [2.05, 4.69) is 55.5 Å². The first-order valence-corrected chi connectivity index (χ1v) is 9.22. The second kappa shape index (κ2) is 10.6. The van der Waals surface area contributed by atoms with E-state index < -0.39 is 0 Å². The number of aliphatic imine (C=N–C) groups is 1. The van der Waals surface area contributed by atoms with Crippen molar-refractivity contribution >= 4 is 29.9 Å². The van der Waals surface area contributed by atoms with Crippen molar-refractivity contribution in [1.29, 1.82) is 0 Å². The molecule has 0 aliphatic carbocycles. The van der Waals surface area contributed by atoms with E-state index in [1.54, 1.807) is 0 Å². The number of hydrogen-bond donors (Lipinski definition) is 2. The van der Waals surface area contributed by atoms with E-state index in [0.717, 1.165) is 49.7 Å². The second-order valence-corrected chi connectivity index (χ2v) is 6.93. The summed E-state index contributed by atoms with van der Waals surface area (Å²) in [5.41, 5.74) is 9.30. The Bertz CT molecular complexity index is 721. The molecular formula is C20H29IN6. The topological polar surface area (TPSA) is 79.4 Å². The minimum absolute atomic E-state index is 0. The summed E-state index contributed by atoms with van der Waals surface area (Å²) in [6.45, 7) is 7.51. The molecule has 1 aliphatic heterocycles. The van der Waals surface area contributed by atoms with E-state index in [0.29, 0.717) is 18.5 Å². The average Bonchev–Trinajstić information content (AvgIpc) is 2.62. The van der Waals surface area contributed by atoms with Crippen LogP contribution in [-0.4, -0.2) is 40.0 Å². The van der Waals surface area contributed by atoms with E-state index in [4.69, 9.17) is 5.73 Å². The molecule has 1 saturated heterocycles. The van der Waals surface area contributed by atoms with Crippen LogP contribution in [0.1, 0.15) is 35.6 Å². The Balaban J connectivity index is 0.00000261. The number of hydrogen-bond acceptors (Lipinski definition) is 4. The SMILES string of the molecule is Cc1cc(CN=C(N)NC2CCN(Cc3ccccc3)CC2)nc(C)n1.I. The fourth-order valence-corrected chi connectivity index (χ4v) is 3.37. The van der Waals surface area contributed by atoms with Gasteiger partial charge in [-0.2, -0.15) is 0 Å². The summed E-state index contributed by atoms with van der Waals surface area (Å²) in [7, 11) is 0. The summed E-state index contributed by atoms with van der Waals surface area (Å²) in [6, 6.07) is 13.0. The van der Waals surface area contributed by atoms with Gasteiger partial charge in [-0.15, -0.1) is 24.0 Å². The molecule has 27 heavy (non-hydrogen) atoms. The standard InChI is InChI=1S/C20H28N6.HI/c1-15-12-19(24-16(2)23-15)13-22-20(21)25-18-8-10-26(11-9-18)14-17-6-4-3-5-7-17;/h3-7,12,18H,8-11,13-14H2,1-2H3,(H3,21,22,25);1H. The molecule has 6 nitrogen and oxygen atoms in total. The lowest BCUT2D eigenvalue weighted by molar-refractivity contribution is 0.199. The Hall–Kier alpha value is -1.74. The van der Waals surface area contributed by atoms with Crippen LogP contribution in [0, 0.1) is 13.8 Å². The molecule has 2 heterocycles. The van der Waals surface area contributed by atoms with Crippen molar-refractivity contribution in [2.45, 2.75) is 45.8 Å². The van der Waals surface area contributed by atoms with Gasteiger partial charge in [0.1, 0.15) is 5.82 Å². The first-order chi connectivity index (χ1) is 12.6. The quantitative estimate of drug-likeness (QED) is 0.391. The Morgan fingerprint density at radius 3 is 2.56 bits per heavy atom. The molecule has 1 aliphatic rings. The number of likely N-dealkylation sites (tertiary alicyclic amines) is 1. The Kier molecular flexibility index (Phi) is 8.43. The number of nitrogens with one attached hydrogen (secondary N) is 1. The predicted octanol–water partition coefficient (Wildman–Crippen LogP) is 2.78. The van der Waals surface area contributed by atoms with E-state index in [-0.39, 0.29) is 24.0 Å². The van der Waals surface area contributed by atoms with Crippen LogP contribution >= 0.6 is 24.0 Å². The molecule has 0 saturated carbocycles. The van der Waals surface area contributed by atoms with E-state index in [9.17, 15) is 0 Å². The highest BCUT2D eigenvalue weighted by molar-refractivity contribution is 14.0. The van der Waals surface area contributed by atoms with Gasteiger partial charge in [0.25, 0.3) is 0 Å². The molecule has 1 aromatic carbocycles. The number of rotatable bonds is 5. The summed E-state index contributed by atoms with van der Waals surface area (Å²) in [5.74, 6) is 1.27. The van der Waals surface area contributed by atoms with Crippen molar-refractivity contribution in [3.63, 3.8) is 0 Å². The fraction of sp³-hybridized carbons (Fsp3) is 0.450. The van der Waals surface area contributed by atoms with Gasteiger partial charge in [-0.25, -0.2) is 15.0 Å². The normalized spacial score (nSPS) is 16.0. The smallest absolute Gasteiger partial charge is 0.189 e. The van der Waals surface area contributed by atoms with E-state index in [1.165, 1.54) is 5.56 Å². The monoisotopic (exact) mass is 480 g/mol. The van der Waals surface area contributed by atoms with Crippen molar-refractivity contribution < 1.29 is 0 Å². The number of aryl methyl sites for hydroxylation is 2. The van der Waals surface area contributed by atoms with Crippen molar-refractivity contribution in [3.8, 4) is 0 Å².